The lowest BCUT2D eigenvalue weighted by atomic mass is 9.87. The number of nitrogens with zero attached hydrogens (tertiary/aromatic N) is 2. The van der Waals surface area contributed by atoms with E-state index in [4.69, 9.17) is 10.5 Å². The van der Waals surface area contributed by atoms with Crippen molar-refractivity contribution in [2.45, 2.75) is 44.5 Å². The number of aryl methyl sites for hydroxylation is 1. The zero-order chi connectivity index (χ0) is 24.2. The van der Waals surface area contributed by atoms with Crippen molar-refractivity contribution in [2.75, 3.05) is 17.7 Å². The van der Waals surface area contributed by atoms with Crippen molar-refractivity contribution >= 4 is 28.5 Å². The van der Waals surface area contributed by atoms with Crippen molar-refractivity contribution in [1.29, 1.82) is 0 Å². The number of anilines is 1. The topological polar surface area (TPSA) is 89.6 Å². The van der Waals surface area contributed by atoms with E-state index in [1.54, 1.807) is 18.3 Å². The van der Waals surface area contributed by atoms with E-state index in [2.05, 4.69) is 15.3 Å². The molecule has 1 amide bonds. The molecule has 11 heteroatoms. The number of thioether (sulfide) groups is 1. The van der Waals surface area contributed by atoms with Gasteiger partial charge in [-0.15, -0.1) is 0 Å². The van der Waals surface area contributed by atoms with Gasteiger partial charge in [0.25, 0.3) is 5.91 Å². The van der Waals surface area contributed by atoms with Gasteiger partial charge in [-0.2, -0.15) is 13.2 Å². The number of aliphatic imine (C=N–C) groups is 1. The van der Waals surface area contributed by atoms with E-state index >= 15 is 0 Å². The van der Waals surface area contributed by atoms with Crippen molar-refractivity contribution in [3.63, 3.8) is 0 Å². The highest BCUT2D eigenvalue weighted by Gasteiger charge is 2.42. The number of rotatable bonds is 7. The molecule has 6 nitrogen and oxygen atoms in total. The summed E-state index contributed by atoms with van der Waals surface area (Å²) in [5.74, 6) is -0.776. The van der Waals surface area contributed by atoms with Crippen LogP contribution in [0.5, 0.6) is 0 Å². The average Bonchev–Trinajstić information content (AvgIpc) is 2.78. The first-order valence-corrected chi connectivity index (χ1v) is 11.3. The van der Waals surface area contributed by atoms with Gasteiger partial charge >= 0.3 is 6.18 Å². The molecule has 0 bridgehead atoms. The second-order valence-electron chi connectivity index (χ2n) is 7.63. The molecule has 33 heavy (non-hydrogen) atoms. The van der Waals surface area contributed by atoms with Crippen molar-refractivity contribution in [3.05, 3.63) is 59.2 Å². The summed E-state index contributed by atoms with van der Waals surface area (Å²) in [6.45, 7) is 2.32. The Morgan fingerprint density at radius 1 is 1.33 bits per heavy atom. The van der Waals surface area contributed by atoms with Gasteiger partial charge in [-0.1, -0.05) is 24.8 Å². The standard InChI is InChI=1S/C22H24F4N4O2S/c1-3-14-4-7-18(28-11-14)19(31)29-15-5-6-17(23)16(10-15)21(8-9-33-20(27)30-21)12-32-13(2)22(24,25)26/h4-7,10-11,13H,3,8-9,12H2,1-2H3,(H2,27,30)(H,29,31). The molecular weight excluding hydrogens is 460 g/mol. The zero-order valence-electron chi connectivity index (χ0n) is 18.1. The molecule has 2 aromatic rings. The Kier molecular flexibility index (Phi) is 7.63. The molecule has 3 N–H and O–H groups in total. The van der Waals surface area contributed by atoms with E-state index < -0.39 is 36.2 Å². The van der Waals surface area contributed by atoms with Crippen LogP contribution in [0.15, 0.2) is 41.5 Å². The van der Waals surface area contributed by atoms with Gasteiger partial charge < -0.3 is 15.8 Å². The summed E-state index contributed by atoms with van der Waals surface area (Å²) in [5.41, 5.74) is 5.76. The van der Waals surface area contributed by atoms with E-state index in [1.807, 2.05) is 6.92 Å². The van der Waals surface area contributed by atoms with Gasteiger partial charge in [-0.05, 0) is 49.6 Å². The molecule has 0 aliphatic carbocycles. The van der Waals surface area contributed by atoms with Gasteiger partial charge in [0, 0.05) is 23.2 Å². The van der Waals surface area contributed by atoms with Crippen LogP contribution in [0.25, 0.3) is 0 Å². The van der Waals surface area contributed by atoms with Gasteiger partial charge in [0.15, 0.2) is 11.3 Å². The molecule has 1 aliphatic rings. The van der Waals surface area contributed by atoms with Crippen molar-refractivity contribution in [3.8, 4) is 0 Å². The predicted molar refractivity (Wildman–Crippen MR) is 120 cm³/mol. The van der Waals surface area contributed by atoms with Crippen LogP contribution in [0.2, 0.25) is 0 Å². The number of pyridine rings is 1. The molecule has 2 atom stereocenters. The Bertz CT molecular complexity index is 1030. The predicted octanol–water partition coefficient (Wildman–Crippen LogP) is 4.65. The first kappa shape index (κ1) is 25.0. The van der Waals surface area contributed by atoms with Crippen LogP contribution in [0, 0.1) is 5.82 Å². The number of amidine groups is 1. The van der Waals surface area contributed by atoms with Crippen LogP contribution < -0.4 is 11.1 Å². The lowest BCUT2D eigenvalue weighted by Gasteiger charge is -2.35. The van der Waals surface area contributed by atoms with Gasteiger partial charge in [0.1, 0.15) is 17.1 Å². The summed E-state index contributed by atoms with van der Waals surface area (Å²) in [5, 5.41) is 2.77. The van der Waals surface area contributed by atoms with Crippen LogP contribution in [0.4, 0.5) is 23.2 Å². The second-order valence-corrected chi connectivity index (χ2v) is 8.74. The third kappa shape index (κ3) is 6.02. The van der Waals surface area contributed by atoms with Crippen molar-refractivity contribution < 1.29 is 27.1 Å². The number of benzene rings is 1. The first-order valence-electron chi connectivity index (χ1n) is 10.3. The molecule has 3 rings (SSSR count). The molecule has 1 aromatic carbocycles. The molecule has 2 heterocycles. The highest BCUT2D eigenvalue weighted by atomic mass is 32.2. The fourth-order valence-electron chi connectivity index (χ4n) is 3.28. The number of ether oxygens (including phenoxy) is 1. The Balaban J connectivity index is 1.90. The number of carbonyl (C=O) groups is 1. The number of alkyl halides is 3. The third-order valence-electron chi connectivity index (χ3n) is 5.31. The number of halogens is 4. The van der Waals surface area contributed by atoms with Crippen LogP contribution >= 0.6 is 11.8 Å². The summed E-state index contributed by atoms with van der Waals surface area (Å²) < 4.78 is 58.9. The van der Waals surface area contributed by atoms with Gasteiger partial charge in [-0.3, -0.25) is 9.78 Å². The number of nitrogens with two attached hydrogens (primary N) is 1. The van der Waals surface area contributed by atoms with E-state index in [0.717, 1.165) is 25.0 Å². The van der Waals surface area contributed by atoms with Crippen LogP contribution in [-0.4, -0.2) is 40.7 Å². The highest BCUT2D eigenvalue weighted by molar-refractivity contribution is 8.13. The Morgan fingerprint density at radius 3 is 2.70 bits per heavy atom. The quantitative estimate of drug-likeness (QED) is 0.559. The molecule has 0 spiro atoms. The third-order valence-corrected chi connectivity index (χ3v) is 6.11. The maximum atomic E-state index is 14.9. The normalized spacial score (nSPS) is 19.6. The molecule has 0 fully saturated rings. The minimum Gasteiger partial charge on any atom is -0.379 e. The smallest absolute Gasteiger partial charge is 0.379 e. The Hall–Kier alpha value is -2.66. The van der Waals surface area contributed by atoms with Crippen molar-refractivity contribution in [1.82, 2.24) is 4.98 Å². The minimum atomic E-state index is -4.57. The number of carbonyl (C=O) groups excluding carboxylic acids is 1. The molecule has 1 aliphatic heterocycles. The van der Waals surface area contributed by atoms with Crippen molar-refractivity contribution in [2.24, 2.45) is 10.7 Å². The number of aromatic nitrogens is 1. The zero-order valence-corrected chi connectivity index (χ0v) is 18.9. The summed E-state index contributed by atoms with van der Waals surface area (Å²) in [4.78, 5) is 21.0. The first-order chi connectivity index (χ1) is 15.5. The Labute approximate surface area is 193 Å². The monoisotopic (exact) mass is 484 g/mol. The lowest BCUT2D eigenvalue weighted by Crippen LogP contribution is -2.40. The molecule has 0 saturated carbocycles. The lowest BCUT2D eigenvalue weighted by molar-refractivity contribution is -0.218. The molecule has 2 unspecified atom stereocenters. The van der Waals surface area contributed by atoms with Gasteiger partial charge in [-0.25, -0.2) is 9.38 Å². The summed E-state index contributed by atoms with van der Waals surface area (Å²) in [7, 11) is 0. The van der Waals surface area contributed by atoms with Gasteiger partial charge in [0.05, 0.1) is 6.61 Å². The fourth-order valence-corrected chi connectivity index (χ4v) is 4.17. The van der Waals surface area contributed by atoms with Crippen LogP contribution in [0.3, 0.4) is 0 Å². The van der Waals surface area contributed by atoms with Gasteiger partial charge in [0.2, 0.25) is 0 Å². The van der Waals surface area contributed by atoms with E-state index in [9.17, 15) is 22.4 Å². The van der Waals surface area contributed by atoms with E-state index in [-0.39, 0.29) is 28.5 Å². The fraction of sp³-hybridized carbons (Fsp3) is 0.409. The maximum Gasteiger partial charge on any atom is 0.414 e. The highest BCUT2D eigenvalue weighted by Crippen LogP contribution is 2.39. The number of hydrogen-bond donors (Lipinski definition) is 2. The molecule has 178 valence electrons. The van der Waals surface area contributed by atoms with Crippen LogP contribution in [-0.2, 0) is 16.7 Å². The van der Waals surface area contributed by atoms with Crippen LogP contribution in [0.1, 0.15) is 41.9 Å². The van der Waals surface area contributed by atoms with E-state index in [1.165, 1.54) is 23.9 Å². The minimum absolute atomic E-state index is 0.00721. The number of hydrogen-bond acceptors (Lipinski definition) is 6. The summed E-state index contributed by atoms with van der Waals surface area (Å²) in [6.07, 6.45) is -4.07. The maximum absolute atomic E-state index is 14.9. The SMILES string of the molecule is CCc1ccc(C(=O)Nc2ccc(F)c(C3(COC(C)C(F)(F)F)CCSC(N)=N3)c2)nc1. The Morgan fingerprint density at radius 2 is 2.09 bits per heavy atom. The molecule has 0 radical (unpaired) electrons. The molecule has 0 saturated heterocycles. The molecular formula is C22H24F4N4O2S. The number of amides is 1. The largest absolute Gasteiger partial charge is 0.414 e. The average molecular weight is 485 g/mol. The number of nitrogens with one attached hydrogen (secondary N) is 1. The second kappa shape index (κ2) is 10.1. The van der Waals surface area contributed by atoms with E-state index in [0.29, 0.717) is 5.75 Å². The molecule has 1 aromatic heterocycles. The summed E-state index contributed by atoms with van der Waals surface area (Å²) >= 11 is 1.23. The summed E-state index contributed by atoms with van der Waals surface area (Å²) in [6, 6.07) is 7.19.